The van der Waals surface area contributed by atoms with Crippen molar-refractivity contribution in [3.05, 3.63) is 63.3 Å². The lowest BCUT2D eigenvalue weighted by molar-refractivity contribution is -0.121. The fourth-order valence-electron chi connectivity index (χ4n) is 2.23. The molecule has 1 N–H and O–H groups in total. The Kier molecular flexibility index (Phi) is 4.73. The minimum Gasteiger partial charge on any atom is -0.467 e. The summed E-state index contributed by atoms with van der Waals surface area (Å²) >= 11 is 6.83. The molecule has 3 rings (SSSR count). The number of hydrogen-bond acceptors (Lipinski definition) is 4. The van der Waals surface area contributed by atoms with Gasteiger partial charge < -0.3 is 14.3 Å². The van der Waals surface area contributed by atoms with Crippen LogP contribution in [0.4, 0.5) is 0 Å². The number of furan rings is 1. The van der Waals surface area contributed by atoms with Gasteiger partial charge >= 0.3 is 0 Å². The first-order valence-electron chi connectivity index (χ1n) is 7.18. The van der Waals surface area contributed by atoms with Crippen LogP contribution in [0.2, 0.25) is 0 Å². The van der Waals surface area contributed by atoms with Crippen LogP contribution in [-0.4, -0.2) is 10.5 Å². The van der Waals surface area contributed by atoms with Gasteiger partial charge in [0, 0.05) is 5.38 Å². The number of hydrogen-bond donors (Lipinski definition) is 1. The summed E-state index contributed by atoms with van der Waals surface area (Å²) in [5, 5.41) is 4.84. The lowest BCUT2D eigenvalue weighted by atomic mass is 10.1. The minimum atomic E-state index is -0.0933. The standard InChI is InChI=1S/C17H16N2O2S2/c1-12-4-6-13(7-5-12)15-11-23-17(22)19(15)10-16(20)18-9-14-3-2-8-21-14/h2-8,11H,9-10H2,1H3,(H,18,20). The first kappa shape index (κ1) is 15.7. The van der Waals surface area contributed by atoms with Crippen molar-refractivity contribution < 1.29 is 9.21 Å². The molecule has 0 fully saturated rings. The van der Waals surface area contributed by atoms with Crippen LogP contribution < -0.4 is 5.32 Å². The number of aryl methyl sites for hydroxylation is 1. The molecule has 3 aromatic rings. The van der Waals surface area contributed by atoms with Crippen molar-refractivity contribution in [2.75, 3.05) is 0 Å². The van der Waals surface area contributed by atoms with Crippen molar-refractivity contribution >= 4 is 29.5 Å². The van der Waals surface area contributed by atoms with Gasteiger partial charge in [-0.3, -0.25) is 4.79 Å². The number of nitrogens with one attached hydrogen (secondary N) is 1. The van der Waals surface area contributed by atoms with E-state index in [9.17, 15) is 4.79 Å². The van der Waals surface area contributed by atoms with E-state index in [-0.39, 0.29) is 12.5 Å². The largest absolute Gasteiger partial charge is 0.467 e. The van der Waals surface area contributed by atoms with Gasteiger partial charge in [-0.25, -0.2) is 0 Å². The van der Waals surface area contributed by atoms with Gasteiger partial charge in [0.15, 0.2) is 3.95 Å². The first-order chi connectivity index (χ1) is 11.1. The second-order valence-electron chi connectivity index (χ2n) is 5.20. The van der Waals surface area contributed by atoms with Gasteiger partial charge in [0.2, 0.25) is 5.91 Å². The number of nitrogens with zero attached hydrogens (tertiary/aromatic N) is 1. The monoisotopic (exact) mass is 344 g/mol. The van der Waals surface area contributed by atoms with Crippen LogP contribution in [0.5, 0.6) is 0 Å². The highest BCUT2D eigenvalue weighted by Crippen LogP contribution is 2.24. The minimum absolute atomic E-state index is 0.0933. The molecule has 1 aromatic carbocycles. The summed E-state index contributed by atoms with van der Waals surface area (Å²) < 4.78 is 7.76. The maximum atomic E-state index is 12.2. The molecular formula is C17H16N2O2S2. The molecule has 0 saturated carbocycles. The van der Waals surface area contributed by atoms with Crippen LogP contribution >= 0.6 is 23.6 Å². The predicted octanol–water partition coefficient (Wildman–Crippen LogP) is 4.16. The summed E-state index contributed by atoms with van der Waals surface area (Å²) in [5.74, 6) is 0.635. The maximum absolute atomic E-state index is 12.2. The van der Waals surface area contributed by atoms with E-state index in [1.165, 1.54) is 16.9 Å². The van der Waals surface area contributed by atoms with Gasteiger partial charge in [-0.15, -0.1) is 11.3 Å². The molecule has 23 heavy (non-hydrogen) atoms. The summed E-state index contributed by atoms with van der Waals surface area (Å²) in [6.07, 6.45) is 1.59. The van der Waals surface area contributed by atoms with E-state index in [1.54, 1.807) is 12.3 Å². The van der Waals surface area contributed by atoms with Crippen molar-refractivity contribution in [1.82, 2.24) is 9.88 Å². The molecule has 0 aliphatic heterocycles. The number of aromatic nitrogens is 1. The van der Waals surface area contributed by atoms with Crippen LogP contribution in [0.15, 0.2) is 52.5 Å². The van der Waals surface area contributed by atoms with Crippen LogP contribution in [0.25, 0.3) is 11.3 Å². The Hall–Kier alpha value is -2.18. The molecule has 0 radical (unpaired) electrons. The number of carbonyl (C=O) groups excluding carboxylic acids is 1. The Bertz CT molecular complexity index is 846. The van der Waals surface area contributed by atoms with Crippen LogP contribution in [-0.2, 0) is 17.9 Å². The molecule has 0 aliphatic rings. The van der Waals surface area contributed by atoms with E-state index in [4.69, 9.17) is 16.6 Å². The molecule has 0 atom stereocenters. The highest BCUT2D eigenvalue weighted by molar-refractivity contribution is 7.73. The summed E-state index contributed by atoms with van der Waals surface area (Å²) in [5.41, 5.74) is 3.22. The third-order valence-electron chi connectivity index (χ3n) is 3.47. The van der Waals surface area contributed by atoms with E-state index in [0.29, 0.717) is 10.5 Å². The van der Waals surface area contributed by atoms with Gasteiger partial charge in [-0.2, -0.15) is 0 Å². The smallest absolute Gasteiger partial charge is 0.240 e. The summed E-state index contributed by atoms with van der Waals surface area (Å²) in [7, 11) is 0. The lowest BCUT2D eigenvalue weighted by Crippen LogP contribution is -2.27. The maximum Gasteiger partial charge on any atom is 0.240 e. The Morgan fingerprint density at radius 1 is 1.30 bits per heavy atom. The highest BCUT2D eigenvalue weighted by atomic mass is 32.1. The van der Waals surface area contributed by atoms with E-state index < -0.39 is 0 Å². The fourth-order valence-corrected chi connectivity index (χ4v) is 3.30. The molecular weight excluding hydrogens is 328 g/mol. The Morgan fingerprint density at radius 2 is 2.09 bits per heavy atom. The molecule has 4 nitrogen and oxygen atoms in total. The zero-order valence-electron chi connectivity index (χ0n) is 12.6. The van der Waals surface area contributed by atoms with E-state index >= 15 is 0 Å². The van der Waals surface area contributed by atoms with E-state index in [1.807, 2.05) is 35.1 Å². The zero-order valence-corrected chi connectivity index (χ0v) is 14.2. The average Bonchev–Trinajstić information content (AvgIpc) is 3.17. The Labute approximate surface area is 143 Å². The molecule has 0 aliphatic carbocycles. The van der Waals surface area contributed by atoms with Gasteiger partial charge in [0.25, 0.3) is 0 Å². The highest BCUT2D eigenvalue weighted by Gasteiger charge is 2.11. The molecule has 0 spiro atoms. The summed E-state index contributed by atoms with van der Waals surface area (Å²) in [6, 6.07) is 11.8. The Morgan fingerprint density at radius 3 is 2.78 bits per heavy atom. The van der Waals surface area contributed by atoms with Crippen molar-refractivity contribution in [3.63, 3.8) is 0 Å². The van der Waals surface area contributed by atoms with Crippen LogP contribution in [0, 0.1) is 10.9 Å². The second-order valence-corrected chi connectivity index (χ2v) is 6.70. The molecule has 6 heteroatoms. The Balaban J connectivity index is 1.75. The SMILES string of the molecule is Cc1ccc(-c2csc(=S)n2CC(=O)NCc2ccco2)cc1. The number of thiazole rings is 1. The van der Waals surface area contributed by atoms with Crippen molar-refractivity contribution in [2.24, 2.45) is 0 Å². The van der Waals surface area contributed by atoms with Crippen molar-refractivity contribution in [2.45, 2.75) is 20.0 Å². The third-order valence-corrected chi connectivity index (χ3v) is 4.74. The number of carbonyl (C=O) groups is 1. The molecule has 1 amide bonds. The number of amides is 1. The molecule has 2 aromatic heterocycles. The number of benzene rings is 1. The first-order valence-corrected chi connectivity index (χ1v) is 8.47. The molecule has 0 unspecified atom stereocenters. The lowest BCUT2D eigenvalue weighted by Gasteiger charge is -2.09. The molecule has 2 heterocycles. The van der Waals surface area contributed by atoms with E-state index in [2.05, 4.69) is 17.4 Å². The third kappa shape index (κ3) is 3.78. The second kappa shape index (κ2) is 6.93. The summed E-state index contributed by atoms with van der Waals surface area (Å²) in [4.78, 5) is 12.2. The van der Waals surface area contributed by atoms with Crippen molar-refractivity contribution in [3.8, 4) is 11.3 Å². The summed E-state index contributed by atoms with van der Waals surface area (Å²) in [6.45, 7) is 2.63. The van der Waals surface area contributed by atoms with Gasteiger partial charge in [-0.05, 0) is 36.8 Å². The average molecular weight is 344 g/mol. The van der Waals surface area contributed by atoms with Crippen LogP contribution in [0.1, 0.15) is 11.3 Å². The number of rotatable bonds is 5. The topological polar surface area (TPSA) is 47.2 Å². The van der Waals surface area contributed by atoms with Gasteiger partial charge in [0.05, 0.1) is 18.5 Å². The molecule has 0 saturated heterocycles. The zero-order chi connectivity index (χ0) is 16.2. The predicted molar refractivity (Wildman–Crippen MR) is 93.9 cm³/mol. The van der Waals surface area contributed by atoms with Crippen molar-refractivity contribution in [1.29, 1.82) is 0 Å². The quantitative estimate of drug-likeness (QED) is 0.707. The molecule has 118 valence electrons. The van der Waals surface area contributed by atoms with E-state index in [0.717, 1.165) is 17.0 Å². The van der Waals surface area contributed by atoms with Crippen LogP contribution in [0.3, 0.4) is 0 Å². The van der Waals surface area contributed by atoms with Gasteiger partial charge in [-0.1, -0.05) is 29.8 Å². The molecule has 0 bridgehead atoms. The fraction of sp³-hybridized carbons (Fsp3) is 0.176. The normalized spacial score (nSPS) is 10.7. The van der Waals surface area contributed by atoms with Gasteiger partial charge in [0.1, 0.15) is 12.3 Å².